The van der Waals surface area contributed by atoms with Crippen molar-refractivity contribution in [2.24, 2.45) is 0 Å². The zero-order valence-corrected chi connectivity index (χ0v) is 12.6. The van der Waals surface area contributed by atoms with Crippen LogP contribution in [-0.2, 0) is 22.6 Å². The van der Waals surface area contributed by atoms with Crippen molar-refractivity contribution in [2.45, 2.75) is 19.4 Å². The fraction of sp³-hybridized carbons (Fsp3) is 0.176. The highest BCUT2D eigenvalue weighted by Crippen LogP contribution is 2.17. The number of rotatable bonds is 5. The van der Waals surface area contributed by atoms with Gasteiger partial charge in [-0.25, -0.2) is 0 Å². The summed E-state index contributed by atoms with van der Waals surface area (Å²) in [5.41, 5.74) is 2.86. The largest absolute Gasteiger partial charge is 0.461 e. The molecule has 3 aromatic rings. The molecule has 0 aliphatic heterocycles. The van der Waals surface area contributed by atoms with Crippen LogP contribution >= 0.6 is 11.6 Å². The Morgan fingerprint density at radius 1 is 1.23 bits per heavy atom. The van der Waals surface area contributed by atoms with Crippen LogP contribution in [0.3, 0.4) is 0 Å². The van der Waals surface area contributed by atoms with Gasteiger partial charge in [-0.1, -0.05) is 41.9 Å². The lowest BCUT2D eigenvalue weighted by Crippen LogP contribution is -2.06. The van der Waals surface area contributed by atoms with Crippen LogP contribution < -0.4 is 0 Å². The minimum absolute atomic E-state index is 0.225. The number of benzene rings is 2. The summed E-state index contributed by atoms with van der Waals surface area (Å²) < 4.78 is 5.34. The first kappa shape index (κ1) is 14.6. The third-order valence-electron chi connectivity index (χ3n) is 3.46. The van der Waals surface area contributed by atoms with E-state index in [9.17, 15) is 4.79 Å². The normalized spacial score (nSPS) is 10.8. The predicted octanol–water partition coefficient (Wildman–Crippen LogP) is 3.89. The maximum absolute atomic E-state index is 11.9. The highest BCUT2D eigenvalue weighted by Gasteiger charge is 2.07. The summed E-state index contributed by atoms with van der Waals surface area (Å²) >= 11 is 5.92. The number of ether oxygens (including phenoxy) is 1. The zero-order valence-electron chi connectivity index (χ0n) is 11.9. The van der Waals surface area contributed by atoms with Crippen molar-refractivity contribution in [1.29, 1.82) is 0 Å². The first-order valence-electron chi connectivity index (χ1n) is 7.03. The summed E-state index contributed by atoms with van der Waals surface area (Å²) in [4.78, 5) is 11.9. The molecule has 0 bridgehead atoms. The Balaban J connectivity index is 1.55. The Kier molecular flexibility index (Phi) is 4.39. The predicted molar refractivity (Wildman–Crippen MR) is 85.7 cm³/mol. The summed E-state index contributed by atoms with van der Waals surface area (Å²) in [6, 6.07) is 13.3. The van der Waals surface area contributed by atoms with E-state index in [-0.39, 0.29) is 12.6 Å². The molecule has 2 aromatic carbocycles. The van der Waals surface area contributed by atoms with Crippen LogP contribution in [0.5, 0.6) is 0 Å². The van der Waals surface area contributed by atoms with E-state index in [4.69, 9.17) is 16.3 Å². The van der Waals surface area contributed by atoms with Gasteiger partial charge in [0, 0.05) is 22.4 Å². The van der Waals surface area contributed by atoms with Crippen LogP contribution in [0, 0.1) is 0 Å². The monoisotopic (exact) mass is 314 g/mol. The number of hydrogen-bond donors (Lipinski definition) is 1. The van der Waals surface area contributed by atoms with Crippen LogP contribution in [0.1, 0.15) is 17.5 Å². The molecule has 0 aliphatic carbocycles. The van der Waals surface area contributed by atoms with Gasteiger partial charge in [0.1, 0.15) is 6.61 Å². The minimum Gasteiger partial charge on any atom is -0.461 e. The van der Waals surface area contributed by atoms with E-state index >= 15 is 0 Å². The highest BCUT2D eigenvalue weighted by atomic mass is 35.5. The average molecular weight is 315 g/mol. The molecule has 4 nitrogen and oxygen atoms in total. The lowest BCUT2D eigenvalue weighted by molar-refractivity contribution is -0.144. The van der Waals surface area contributed by atoms with Crippen molar-refractivity contribution in [2.75, 3.05) is 0 Å². The van der Waals surface area contributed by atoms with Crippen LogP contribution in [0.25, 0.3) is 10.9 Å². The molecule has 0 atom stereocenters. The molecule has 0 spiro atoms. The number of halogens is 1. The third-order valence-corrected chi connectivity index (χ3v) is 3.69. The average Bonchev–Trinajstić information content (AvgIpc) is 3.00. The maximum Gasteiger partial charge on any atom is 0.306 e. The van der Waals surface area contributed by atoms with Crippen LogP contribution in [-0.4, -0.2) is 16.2 Å². The molecule has 0 saturated carbocycles. The molecular formula is C17H15ClN2O2. The topological polar surface area (TPSA) is 55.0 Å². The van der Waals surface area contributed by atoms with E-state index in [1.54, 1.807) is 6.20 Å². The highest BCUT2D eigenvalue weighted by molar-refractivity contribution is 6.30. The van der Waals surface area contributed by atoms with Gasteiger partial charge in [0.25, 0.3) is 0 Å². The molecule has 0 saturated heterocycles. The van der Waals surface area contributed by atoms with Gasteiger partial charge in [-0.2, -0.15) is 5.10 Å². The summed E-state index contributed by atoms with van der Waals surface area (Å²) in [6.45, 7) is 0.244. The molecular weight excluding hydrogens is 300 g/mol. The van der Waals surface area contributed by atoms with Crippen molar-refractivity contribution in [3.63, 3.8) is 0 Å². The van der Waals surface area contributed by atoms with Crippen LogP contribution in [0.4, 0.5) is 0 Å². The number of aromatic nitrogens is 2. The van der Waals surface area contributed by atoms with E-state index in [2.05, 4.69) is 10.2 Å². The molecule has 0 fully saturated rings. The summed E-state index contributed by atoms with van der Waals surface area (Å²) in [6.07, 6.45) is 2.70. The molecule has 5 heteroatoms. The quantitative estimate of drug-likeness (QED) is 0.727. The van der Waals surface area contributed by atoms with E-state index < -0.39 is 0 Å². The number of aromatic amines is 1. The summed E-state index contributed by atoms with van der Waals surface area (Å²) in [7, 11) is 0. The van der Waals surface area contributed by atoms with Crippen molar-refractivity contribution >= 4 is 28.5 Å². The van der Waals surface area contributed by atoms with Gasteiger partial charge in [-0.05, 0) is 24.1 Å². The third kappa shape index (κ3) is 3.46. The molecule has 1 aromatic heterocycles. The Hall–Kier alpha value is -2.33. The molecule has 112 valence electrons. The van der Waals surface area contributed by atoms with Gasteiger partial charge < -0.3 is 4.74 Å². The van der Waals surface area contributed by atoms with Gasteiger partial charge in [0.05, 0.1) is 11.7 Å². The second kappa shape index (κ2) is 6.62. The fourth-order valence-corrected chi connectivity index (χ4v) is 2.53. The molecule has 1 heterocycles. The van der Waals surface area contributed by atoms with Crippen LogP contribution in [0.2, 0.25) is 5.02 Å². The van der Waals surface area contributed by atoms with Crippen molar-refractivity contribution in [3.8, 4) is 0 Å². The zero-order chi connectivity index (χ0) is 15.4. The molecule has 0 aliphatic rings. The van der Waals surface area contributed by atoms with E-state index in [0.717, 1.165) is 22.0 Å². The number of para-hydroxylation sites is 1. The number of aryl methyl sites for hydroxylation is 1. The molecule has 22 heavy (non-hydrogen) atoms. The molecule has 0 radical (unpaired) electrons. The fourth-order valence-electron chi connectivity index (χ4n) is 2.32. The van der Waals surface area contributed by atoms with Gasteiger partial charge in [0.15, 0.2) is 0 Å². The first-order valence-corrected chi connectivity index (χ1v) is 7.41. The Bertz CT molecular complexity index is 798. The molecule has 3 rings (SSSR count). The number of esters is 1. The molecule has 0 unspecified atom stereocenters. The minimum atomic E-state index is -0.225. The number of carbonyl (C=O) groups is 1. The smallest absolute Gasteiger partial charge is 0.306 e. The Morgan fingerprint density at radius 3 is 2.95 bits per heavy atom. The van der Waals surface area contributed by atoms with Gasteiger partial charge in [-0.3, -0.25) is 9.89 Å². The number of H-pyrrole nitrogens is 1. The molecule has 0 amide bonds. The van der Waals surface area contributed by atoms with Crippen molar-refractivity contribution in [1.82, 2.24) is 10.2 Å². The van der Waals surface area contributed by atoms with Crippen LogP contribution in [0.15, 0.2) is 48.7 Å². The van der Waals surface area contributed by atoms with Gasteiger partial charge >= 0.3 is 5.97 Å². The standard InChI is InChI=1S/C17H15ClN2O2/c18-15-6-1-3-12(9-15)7-8-16(21)22-11-14-5-2-4-13-10-19-20-17(13)14/h1-6,9-10H,7-8,11H2,(H,19,20). The number of fused-ring (bicyclic) bond motifs is 1. The lowest BCUT2D eigenvalue weighted by Gasteiger charge is -2.06. The SMILES string of the molecule is O=C(CCc1cccc(Cl)c1)OCc1cccc2cn[nH]c12. The van der Waals surface area contributed by atoms with Gasteiger partial charge in [-0.15, -0.1) is 0 Å². The lowest BCUT2D eigenvalue weighted by atomic mass is 10.1. The Morgan fingerprint density at radius 2 is 2.09 bits per heavy atom. The Labute approximate surface area is 133 Å². The number of hydrogen-bond acceptors (Lipinski definition) is 3. The number of nitrogens with one attached hydrogen (secondary N) is 1. The van der Waals surface area contributed by atoms with E-state index in [1.165, 1.54) is 0 Å². The summed E-state index contributed by atoms with van der Waals surface area (Å²) in [5.74, 6) is -0.225. The second-order valence-electron chi connectivity index (χ2n) is 5.04. The second-order valence-corrected chi connectivity index (χ2v) is 5.48. The van der Waals surface area contributed by atoms with Crippen molar-refractivity contribution < 1.29 is 9.53 Å². The van der Waals surface area contributed by atoms with E-state index in [1.807, 2.05) is 42.5 Å². The van der Waals surface area contributed by atoms with Gasteiger partial charge in [0.2, 0.25) is 0 Å². The maximum atomic E-state index is 11.9. The first-order chi connectivity index (χ1) is 10.7. The van der Waals surface area contributed by atoms with Crippen molar-refractivity contribution in [3.05, 3.63) is 64.8 Å². The number of carbonyl (C=O) groups excluding carboxylic acids is 1. The molecule has 1 N–H and O–H groups in total. The van der Waals surface area contributed by atoms with E-state index in [0.29, 0.717) is 17.9 Å². The number of nitrogens with zero attached hydrogens (tertiary/aromatic N) is 1. The summed E-state index contributed by atoms with van der Waals surface area (Å²) in [5, 5.41) is 8.60.